The minimum Gasteiger partial charge on any atom is -0.497 e. The van der Waals surface area contributed by atoms with E-state index in [4.69, 9.17) is 16.3 Å². The van der Waals surface area contributed by atoms with Crippen LogP contribution in [0.5, 0.6) is 5.75 Å². The Morgan fingerprint density at radius 1 is 1.10 bits per heavy atom. The van der Waals surface area contributed by atoms with Gasteiger partial charge >= 0.3 is 0 Å². The van der Waals surface area contributed by atoms with E-state index in [1.54, 1.807) is 50.4 Å². The molecule has 0 aromatic heterocycles. The smallest absolute Gasteiger partial charge is 0.244 e. The van der Waals surface area contributed by atoms with Gasteiger partial charge in [0.25, 0.3) is 0 Å². The summed E-state index contributed by atoms with van der Waals surface area (Å²) in [6.07, 6.45) is 1.02. The van der Waals surface area contributed by atoms with Crippen molar-refractivity contribution in [3.05, 3.63) is 59.1 Å². The lowest BCUT2D eigenvalue weighted by molar-refractivity contribution is -0.139. The van der Waals surface area contributed by atoms with Gasteiger partial charge < -0.3 is 15.0 Å². The number of rotatable bonds is 9. The summed E-state index contributed by atoms with van der Waals surface area (Å²) >= 11 is 5.89. The predicted molar refractivity (Wildman–Crippen MR) is 121 cm³/mol. The number of likely N-dealkylation sites (N-methyl/N-ethyl adjacent to an activating group) is 1. The Labute approximate surface area is 187 Å². The number of halogens is 1. The monoisotopic (exact) mass is 467 g/mol. The molecule has 1 atom stereocenters. The molecule has 2 amide bonds. The largest absolute Gasteiger partial charge is 0.497 e. The maximum absolute atomic E-state index is 13.2. The zero-order chi connectivity index (χ0) is 23.2. The molecule has 1 N–H and O–H groups in total. The van der Waals surface area contributed by atoms with Gasteiger partial charge in [-0.15, -0.1) is 0 Å². The lowest BCUT2D eigenvalue weighted by Crippen LogP contribution is -2.50. The molecule has 0 bridgehead atoms. The van der Waals surface area contributed by atoms with Gasteiger partial charge in [0.15, 0.2) is 0 Å². The van der Waals surface area contributed by atoms with Crippen LogP contribution in [-0.4, -0.2) is 58.1 Å². The zero-order valence-electron chi connectivity index (χ0n) is 17.8. The highest BCUT2D eigenvalue weighted by Gasteiger charge is 2.29. The zero-order valence-corrected chi connectivity index (χ0v) is 19.4. The van der Waals surface area contributed by atoms with Crippen LogP contribution in [0.4, 0.5) is 5.69 Å². The standard InChI is InChI=1S/C21H26ClN3O5S/c1-15(21(27)23-2)24(13-16-5-11-19(30-3)12-6-16)20(26)14-25(31(4,28)29)18-9-7-17(22)8-10-18/h5-12,15H,13-14H2,1-4H3,(H,23,27). The molecule has 168 valence electrons. The van der Waals surface area contributed by atoms with Crippen molar-refractivity contribution in [2.45, 2.75) is 19.5 Å². The second-order valence-corrected chi connectivity index (χ2v) is 9.25. The molecule has 31 heavy (non-hydrogen) atoms. The maximum Gasteiger partial charge on any atom is 0.244 e. The molecule has 2 rings (SSSR count). The summed E-state index contributed by atoms with van der Waals surface area (Å²) in [5.41, 5.74) is 1.07. The molecule has 0 fully saturated rings. The fourth-order valence-corrected chi connectivity index (χ4v) is 3.92. The van der Waals surface area contributed by atoms with Crippen molar-refractivity contribution in [1.29, 1.82) is 0 Å². The van der Waals surface area contributed by atoms with E-state index in [-0.39, 0.29) is 12.5 Å². The summed E-state index contributed by atoms with van der Waals surface area (Å²) in [6, 6.07) is 12.4. The summed E-state index contributed by atoms with van der Waals surface area (Å²) in [5.74, 6) is -0.224. The molecule has 0 radical (unpaired) electrons. The van der Waals surface area contributed by atoms with Gasteiger partial charge in [-0.25, -0.2) is 8.42 Å². The van der Waals surface area contributed by atoms with Crippen molar-refractivity contribution in [3.8, 4) is 5.75 Å². The summed E-state index contributed by atoms with van der Waals surface area (Å²) in [5, 5.41) is 2.97. The number of methoxy groups -OCH3 is 1. The van der Waals surface area contributed by atoms with Crippen molar-refractivity contribution < 1.29 is 22.7 Å². The fourth-order valence-electron chi connectivity index (χ4n) is 2.94. The Balaban J connectivity index is 2.34. The molecular weight excluding hydrogens is 442 g/mol. The van der Waals surface area contributed by atoms with Gasteiger partial charge in [0, 0.05) is 18.6 Å². The quantitative estimate of drug-likeness (QED) is 0.610. The fraction of sp³-hybridized carbons (Fsp3) is 0.333. The minimum absolute atomic E-state index is 0.121. The summed E-state index contributed by atoms with van der Waals surface area (Å²) in [6.45, 7) is 1.25. The number of carbonyl (C=O) groups excluding carboxylic acids is 2. The van der Waals surface area contributed by atoms with E-state index in [2.05, 4.69) is 5.32 Å². The molecule has 0 saturated carbocycles. The lowest BCUT2D eigenvalue weighted by Gasteiger charge is -2.31. The third-order valence-electron chi connectivity index (χ3n) is 4.72. The van der Waals surface area contributed by atoms with E-state index in [1.165, 1.54) is 24.1 Å². The number of hydrogen-bond donors (Lipinski definition) is 1. The number of amides is 2. The summed E-state index contributed by atoms with van der Waals surface area (Å²) in [7, 11) is -0.739. The molecule has 0 aliphatic heterocycles. The Bertz CT molecular complexity index is 1010. The van der Waals surface area contributed by atoms with Gasteiger partial charge in [0.05, 0.1) is 19.1 Å². The van der Waals surface area contributed by atoms with Crippen LogP contribution >= 0.6 is 11.6 Å². The Morgan fingerprint density at radius 2 is 1.68 bits per heavy atom. The molecule has 10 heteroatoms. The molecule has 0 aliphatic carbocycles. The number of carbonyl (C=O) groups is 2. The number of sulfonamides is 1. The molecule has 0 saturated heterocycles. The average Bonchev–Trinajstić information content (AvgIpc) is 2.75. The molecule has 2 aromatic carbocycles. The number of ether oxygens (including phenoxy) is 1. The van der Waals surface area contributed by atoms with Gasteiger partial charge in [0.2, 0.25) is 21.8 Å². The van der Waals surface area contributed by atoms with Crippen LogP contribution in [0.25, 0.3) is 0 Å². The summed E-state index contributed by atoms with van der Waals surface area (Å²) in [4.78, 5) is 26.8. The van der Waals surface area contributed by atoms with Crippen LogP contribution in [0.2, 0.25) is 5.02 Å². The number of hydrogen-bond acceptors (Lipinski definition) is 5. The Morgan fingerprint density at radius 3 is 2.16 bits per heavy atom. The number of nitrogens with zero attached hydrogens (tertiary/aromatic N) is 2. The van der Waals surface area contributed by atoms with Gasteiger partial charge in [-0.1, -0.05) is 23.7 Å². The highest BCUT2D eigenvalue weighted by Crippen LogP contribution is 2.21. The van der Waals surface area contributed by atoms with Crippen LogP contribution < -0.4 is 14.4 Å². The number of nitrogens with one attached hydrogen (secondary N) is 1. The average molecular weight is 468 g/mol. The molecule has 1 unspecified atom stereocenters. The molecular formula is C21H26ClN3O5S. The van der Waals surface area contributed by atoms with E-state index in [1.807, 2.05) is 0 Å². The van der Waals surface area contributed by atoms with Crippen molar-refractivity contribution in [3.63, 3.8) is 0 Å². The first-order chi connectivity index (χ1) is 14.6. The second kappa shape index (κ2) is 10.5. The minimum atomic E-state index is -3.77. The topological polar surface area (TPSA) is 96.0 Å². The molecule has 8 nitrogen and oxygen atoms in total. The molecule has 2 aromatic rings. The van der Waals surface area contributed by atoms with E-state index in [9.17, 15) is 18.0 Å². The SMILES string of the molecule is CNC(=O)C(C)N(Cc1ccc(OC)cc1)C(=O)CN(c1ccc(Cl)cc1)S(C)(=O)=O. The Hall–Kier alpha value is -2.78. The third kappa shape index (κ3) is 6.60. The Kier molecular flexibility index (Phi) is 8.29. The second-order valence-electron chi connectivity index (χ2n) is 6.91. The van der Waals surface area contributed by atoms with Crippen molar-refractivity contribution >= 4 is 39.1 Å². The van der Waals surface area contributed by atoms with E-state index in [0.717, 1.165) is 16.1 Å². The predicted octanol–water partition coefficient (Wildman–Crippen LogP) is 2.28. The first kappa shape index (κ1) is 24.5. The van der Waals surface area contributed by atoms with Crippen LogP contribution in [0.1, 0.15) is 12.5 Å². The van der Waals surface area contributed by atoms with E-state index < -0.39 is 28.5 Å². The van der Waals surface area contributed by atoms with Crippen LogP contribution in [-0.2, 0) is 26.2 Å². The first-order valence-electron chi connectivity index (χ1n) is 9.44. The van der Waals surface area contributed by atoms with Gasteiger partial charge in [0.1, 0.15) is 18.3 Å². The van der Waals surface area contributed by atoms with Crippen LogP contribution in [0.3, 0.4) is 0 Å². The number of anilines is 1. The van der Waals surface area contributed by atoms with Gasteiger partial charge in [-0.2, -0.15) is 0 Å². The maximum atomic E-state index is 13.2. The molecule has 0 heterocycles. The molecule has 0 spiro atoms. The normalized spacial score (nSPS) is 12.0. The summed E-state index contributed by atoms with van der Waals surface area (Å²) < 4.78 is 30.9. The van der Waals surface area contributed by atoms with Crippen LogP contribution in [0, 0.1) is 0 Å². The van der Waals surface area contributed by atoms with E-state index >= 15 is 0 Å². The van der Waals surface area contributed by atoms with Crippen molar-refractivity contribution in [2.75, 3.05) is 31.3 Å². The molecule has 0 aliphatic rings. The van der Waals surface area contributed by atoms with Crippen molar-refractivity contribution in [1.82, 2.24) is 10.2 Å². The van der Waals surface area contributed by atoms with Gasteiger partial charge in [-0.3, -0.25) is 13.9 Å². The first-order valence-corrected chi connectivity index (χ1v) is 11.7. The highest BCUT2D eigenvalue weighted by molar-refractivity contribution is 7.92. The lowest BCUT2D eigenvalue weighted by atomic mass is 10.1. The third-order valence-corrected chi connectivity index (χ3v) is 6.11. The van der Waals surface area contributed by atoms with Crippen LogP contribution in [0.15, 0.2) is 48.5 Å². The van der Waals surface area contributed by atoms with E-state index in [0.29, 0.717) is 16.5 Å². The van der Waals surface area contributed by atoms with Gasteiger partial charge in [-0.05, 0) is 48.9 Å². The highest BCUT2D eigenvalue weighted by atomic mass is 35.5. The van der Waals surface area contributed by atoms with Crippen molar-refractivity contribution in [2.24, 2.45) is 0 Å². The number of benzene rings is 2.